The Bertz CT molecular complexity index is 919. The van der Waals surface area contributed by atoms with E-state index in [1.54, 1.807) is 12.1 Å². The van der Waals surface area contributed by atoms with Gasteiger partial charge in [0, 0.05) is 24.7 Å². The number of benzene rings is 1. The molecular weight excluding hydrogens is 352 g/mol. The number of aromatic nitrogens is 4. The Morgan fingerprint density at radius 2 is 1.96 bits per heavy atom. The fourth-order valence-electron chi connectivity index (χ4n) is 2.48. The summed E-state index contributed by atoms with van der Waals surface area (Å²) in [5.74, 6) is -0.391. The predicted molar refractivity (Wildman–Crippen MR) is 86.9 cm³/mol. The fourth-order valence-corrected chi connectivity index (χ4v) is 2.48. The maximum Gasteiger partial charge on any atom is 0.433 e. The second-order valence-electron chi connectivity index (χ2n) is 6.01. The molecule has 0 unspecified atom stereocenters. The summed E-state index contributed by atoms with van der Waals surface area (Å²) in [6.07, 6.45) is -3.47. The number of rotatable bonds is 5. The molecule has 138 valence electrons. The lowest BCUT2D eigenvalue weighted by Gasteiger charge is -2.14. The molecule has 1 N–H and O–H groups in total. The summed E-state index contributed by atoms with van der Waals surface area (Å²) < 4.78 is 54.0. The first-order valence-electron chi connectivity index (χ1n) is 7.68. The minimum atomic E-state index is -4.60. The molecule has 10 heteroatoms. The Hall–Kier alpha value is -2.75. The van der Waals surface area contributed by atoms with E-state index in [9.17, 15) is 17.6 Å². The largest absolute Gasteiger partial charge is 0.433 e. The molecule has 1 aromatic carbocycles. The third-order valence-corrected chi connectivity index (χ3v) is 3.61. The lowest BCUT2D eigenvalue weighted by Crippen LogP contribution is -2.14. The number of alkyl halides is 3. The van der Waals surface area contributed by atoms with Crippen LogP contribution >= 0.6 is 0 Å². The minimum absolute atomic E-state index is 0.0957. The predicted octanol–water partition coefficient (Wildman–Crippen LogP) is 2.96. The van der Waals surface area contributed by atoms with Gasteiger partial charge in [-0.15, -0.1) is 0 Å². The molecule has 3 aromatic rings. The Morgan fingerprint density at radius 3 is 2.65 bits per heavy atom. The average Bonchev–Trinajstić information content (AvgIpc) is 3.02. The second-order valence-corrected chi connectivity index (χ2v) is 6.01. The van der Waals surface area contributed by atoms with Gasteiger partial charge in [0.1, 0.15) is 18.0 Å². The Labute approximate surface area is 146 Å². The Morgan fingerprint density at radius 1 is 1.19 bits per heavy atom. The van der Waals surface area contributed by atoms with Crippen molar-refractivity contribution in [2.75, 3.05) is 19.4 Å². The molecule has 0 spiro atoms. The monoisotopic (exact) mass is 368 g/mol. The summed E-state index contributed by atoms with van der Waals surface area (Å²) in [7, 11) is 3.64. The van der Waals surface area contributed by atoms with Gasteiger partial charge in [0.2, 0.25) is 0 Å². The second kappa shape index (κ2) is 6.87. The molecule has 0 fully saturated rings. The molecule has 0 bridgehead atoms. The zero-order chi connectivity index (χ0) is 18.9. The van der Waals surface area contributed by atoms with E-state index in [-0.39, 0.29) is 24.0 Å². The molecular formula is C16H16F4N6. The van der Waals surface area contributed by atoms with E-state index in [4.69, 9.17) is 0 Å². The van der Waals surface area contributed by atoms with Crippen molar-refractivity contribution < 1.29 is 17.6 Å². The minimum Gasteiger partial charge on any atom is -0.366 e. The lowest BCUT2D eigenvalue weighted by atomic mass is 10.1. The maximum atomic E-state index is 13.8. The summed E-state index contributed by atoms with van der Waals surface area (Å²) in [6.45, 7) is 0.609. The third kappa shape index (κ3) is 3.90. The summed E-state index contributed by atoms with van der Waals surface area (Å²) in [5.41, 5.74) is 0.167. The standard InChI is InChI=1S/C16H16F4N6/c1-25(2)8-11-5-10(3-4-12(11)17)7-21-14-6-13(16(18,19)20)24-15-22-9-23-26(14)15/h3-6,9,21H,7-8H2,1-2H3. The van der Waals surface area contributed by atoms with Crippen molar-refractivity contribution in [3.63, 3.8) is 0 Å². The Balaban J connectivity index is 1.87. The first-order chi connectivity index (χ1) is 12.2. The molecule has 2 heterocycles. The van der Waals surface area contributed by atoms with E-state index in [0.717, 1.165) is 18.0 Å². The molecule has 2 aromatic heterocycles. The number of halogens is 4. The highest BCUT2D eigenvalue weighted by Crippen LogP contribution is 2.29. The summed E-state index contributed by atoms with van der Waals surface area (Å²) >= 11 is 0. The number of fused-ring (bicyclic) bond motifs is 1. The van der Waals surface area contributed by atoms with Crippen LogP contribution in [0.15, 0.2) is 30.6 Å². The zero-order valence-corrected chi connectivity index (χ0v) is 14.0. The number of hydrogen-bond acceptors (Lipinski definition) is 5. The van der Waals surface area contributed by atoms with Gasteiger partial charge in [-0.25, -0.2) is 9.37 Å². The summed E-state index contributed by atoms with van der Waals surface area (Å²) in [6, 6.07) is 5.46. The highest BCUT2D eigenvalue weighted by molar-refractivity contribution is 5.46. The Kier molecular flexibility index (Phi) is 4.77. The number of nitrogens with one attached hydrogen (secondary N) is 1. The molecule has 0 atom stereocenters. The third-order valence-electron chi connectivity index (χ3n) is 3.61. The highest BCUT2D eigenvalue weighted by atomic mass is 19.4. The molecule has 0 aliphatic heterocycles. The molecule has 0 saturated heterocycles. The van der Waals surface area contributed by atoms with Crippen LogP contribution in [0.5, 0.6) is 0 Å². The topological polar surface area (TPSA) is 58.3 Å². The van der Waals surface area contributed by atoms with Crippen LogP contribution in [0.2, 0.25) is 0 Å². The van der Waals surface area contributed by atoms with Gasteiger partial charge in [-0.1, -0.05) is 6.07 Å². The number of hydrogen-bond donors (Lipinski definition) is 1. The van der Waals surface area contributed by atoms with Gasteiger partial charge in [0.15, 0.2) is 5.69 Å². The first kappa shape index (κ1) is 18.1. The molecule has 0 radical (unpaired) electrons. The van der Waals surface area contributed by atoms with Crippen LogP contribution in [0, 0.1) is 5.82 Å². The molecule has 0 amide bonds. The smallest absolute Gasteiger partial charge is 0.366 e. The maximum absolute atomic E-state index is 13.8. The lowest BCUT2D eigenvalue weighted by molar-refractivity contribution is -0.141. The molecule has 6 nitrogen and oxygen atoms in total. The van der Waals surface area contributed by atoms with Crippen molar-refractivity contribution in [1.29, 1.82) is 0 Å². The van der Waals surface area contributed by atoms with Gasteiger partial charge >= 0.3 is 6.18 Å². The van der Waals surface area contributed by atoms with Crippen LogP contribution in [-0.2, 0) is 19.3 Å². The van der Waals surface area contributed by atoms with Crippen LogP contribution < -0.4 is 5.32 Å². The van der Waals surface area contributed by atoms with E-state index in [1.807, 2.05) is 19.0 Å². The SMILES string of the molecule is CN(C)Cc1cc(CNc2cc(C(F)(F)F)nc3ncnn23)ccc1F. The summed E-state index contributed by atoms with van der Waals surface area (Å²) in [4.78, 5) is 8.99. The van der Waals surface area contributed by atoms with E-state index >= 15 is 0 Å². The summed E-state index contributed by atoms with van der Waals surface area (Å²) in [5, 5.41) is 6.76. The van der Waals surface area contributed by atoms with Crippen molar-refractivity contribution >= 4 is 11.6 Å². The zero-order valence-electron chi connectivity index (χ0n) is 14.0. The molecule has 0 saturated carbocycles. The molecule has 0 aliphatic carbocycles. The van der Waals surface area contributed by atoms with E-state index in [1.165, 1.54) is 10.6 Å². The van der Waals surface area contributed by atoms with E-state index in [0.29, 0.717) is 12.1 Å². The van der Waals surface area contributed by atoms with Gasteiger partial charge in [-0.05, 0) is 31.8 Å². The van der Waals surface area contributed by atoms with Gasteiger partial charge in [0.25, 0.3) is 5.78 Å². The quantitative estimate of drug-likeness (QED) is 0.702. The van der Waals surface area contributed by atoms with Crippen LogP contribution in [0.4, 0.5) is 23.4 Å². The van der Waals surface area contributed by atoms with Gasteiger partial charge < -0.3 is 10.2 Å². The van der Waals surface area contributed by atoms with Crippen LogP contribution in [0.25, 0.3) is 5.78 Å². The highest BCUT2D eigenvalue weighted by Gasteiger charge is 2.34. The van der Waals surface area contributed by atoms with Crippen molar-refractivity contribution in [2.24, 2.45) is 0 Å². The van der Waals surface area contributed by atoms with Crippen molar-refractivity contribution in [1.82, 2.24) is 24.5 Å². The average molecular weight is 368 g/mol. The van der Waals surface area contributed by atoms with Crippen LogP contribution in [0.1, 0.15) is 16.8 Å². The van der Waals surface area contributed by atoms with Crippen LogP contribution in [-0.4, -0.2) is 38.6 Å². The van der Waals surface area contributed by atoms with Crippen molar-refractivity contribution in [2.45, 2.75) is 19.3 Å². The molecule has 0 aliphatic rings. The molecule has 3 rings (SSSR count). The van der Waals surface area contributed by atoms with E-state index < -0.39 is 11.9 Å². The first-order valence-corrected chi connectivity index (χ1v) is 7.68. The molecule has 26 heavy (non-hydrogen) atoms. The van der Waals surface area contributed by atoms with Gasteiger partial charge in [-0.3, -0.25) is 0 Å². The van der Waals surface area contributed by atoms with E-state index in [2.05, 4.69) is 20.4 Å². The van der Waals surface area contributed by atoms with Crippen molar-refractivity contribution in [3.8, 4) is 0 Å². The van der Waals surface area contributed by atoms with Gasteiger partial charge in [-0.2, -0.15) is 27.8 Å². The number of nitrogens with zero attached hydrogens (tertiary/aromatic N) is 5. The fraction of sp³-hybridized carbons (Fsp3) is 0.312. The normalized spacial score (nSPS) is 12.1. The van der Waals surface area contributed by atoms with Crippen LogP contribution in [0.3, 0.4) is 0 Å². The van der Waals surface area contributed by atoms with Gasteiger partial charge in [0.05, 0.1) is 0 Å². The number of anilines is 1. The van der Waals surface area contributed by atoms with Crippen molar-refractivity contribution in [3.05, 3.63) is 53.2 Å².